The molecule has 0 saturated carbocycles. The first-order chi connectivity index (χ1) is 9.24. The molecule has 0 amide bonds. The number of fused-ring (bicyclic) bond motifs is 1. The summed E-state index contributed by atoms with van der Waals surface area (Å²) in [6.07, 6.45) is 5.57. The van der Waals surface area contributed by atoms with Gasteiger partial charge in [0.15, 0.2) is 0 Å². The Balaban J connectivity index is 1.89. The Morgan fingerprint density at radius 2 is 2.05 bits per heavy atom. The van der Waals surface area contributed by atoms with Gasteiger partial charge in [-0.2, -0.15) is 0 Å². The molecule has 1 aromatic carbocycles. The maximum atomic E-state index is 6.01. The summed E-state index contributed by atoms with van der Waals surface area (Å²) in [5.41, 5.74) is 10.1. The van der Waals surface area contributed by atoms with E-state index in [1.807, 2.05) is 19.2 Å². The lowest BCUT2D eigenvalue weighted by atomic mass is 10.1. The molecule has 1 aromatic heterocycles. The zero-order valence-corrected chi connectivity index (χ0v) is 11.9. The Morgan fingerprint density at radius 1 is 1.21 bits per heavy atom. The first-order valence-corrected chi connectivity index (χ1v) is 7.56. The molecule has 0 unspecified atom stereocenters. The largest absolute Gasteiger partial charge is 0.324 e. The summed E-state index contributed by atoms with van der Waals surface area (Å²) in [7, 11) is 0. The van der Waals surface area contributed by atoms with Crippen molar-refractivity contribution < 1.29 is 0 Å². The van der Waals surface area contributed by atoms with E-state index < -0.39 is 0 Å². The van der Waals surface area contributed by atoms with Crippen molar-refractivity contribution in [1.29, 1.82) is 0 Å². The van der Waals surface area contributed by atoms with Gasteiger partial charge in [-0.05, 0) is 55.5 Å². The molecule has 98 valence electrons. The predicted molar refractivity (Wildman–Crippen MR) is 79.4 cm³/mol. The molecule has 3 rings (SSSR count). The van der Waals surface area contributed by atoms with Gasteiger partial charge in [0.2, 0.25) is 0 Å². The number of benzene rings is 1. The summed E-state index contributed by atoms with van der Waals surface area (Å²) in [6, 6.07) is 10.8. The van der Waals surface area contributed by atoms with E-state index in [9.17, 15) is 0 Å². The number of aromatic nitrogens is 1. The van der Waals surface area contributed by atoms with E-state index in [-0.39, 0.29) is 6.04 Å². The van der Waals surface area contributed by atoms with E-state index in [4.69, 9.17) is 5.73 Å². The number of rotatable bonds is 3. The minimum absolute atomic E-state index is 0.0191. The van der Waals surface area contributed by atoms with Crippen LogP contribution in [0.25, 0.3) is 0 Å². The zero-order chi connectivity index (χ0) is 13.2. The van der Waals surface area contributed by atoms with Gasteiger partial charge in [0, 0.05) is 22.7 Å². The fourth-order valence-electron chi connectivity index (χ4n) is 2.56. The highest BCUT2D eigenvalue weighted by atomic mass is 32.2. The molecule has 1 heterocycles. The van der Waals surface area contributed by atoms with E-state index in [0.717, 1.165) is 10.6 Å². The maximum Gasteiger partial charge on any atom is 0.105 e. The Morgan fingerprint density at radius 3 is 2.89 bits per heavy atom. The van der Waals surface area contributed by atoms with Crippen molar-refractivity contribution in [3.63, 3.8) is 0 Å². The van der Waals surface area contributed by atoms with E-state index in [1.54, 1.807) is 11.8 Å². The average molecular weight is 270 g/mol. The minimum Gasteiger partial charge on any atom is -0.324 e. The third-order valence-corrected chi connectivity index (χ3v) is 4.60. The van der Waals surface area contributed by atoms with Crippen LogP contribution in [-0.2, 0) is 12.8 Å². The fourth-order valence-corrected chi connectivity index (χ4v) is 3.60. The Labute approximate surface area is 118 Å². The van der Waals surface area contributed by atoms with Crippen molar-refractivity contribution in [3.05, 3.63) is 53.2 Å². The van der Waals surface area contributed by atoms with Gasteiger partial charge < -0.3 is 5.73 Å². The van der Waals surface area contributed by atoms with Gasteiger partial charge >= 0.3 is 0 Å². The van der Waals surface area contributed by atoms with Gasteiger partial charge in [-0.3, -0.25) is 0 Å². The van der Waals surface area contributed by atoms with Crippen molar-refractivity contribution >= 4 is 11.8 Å². The third kappa shape index (κ3) is 2.67. The minimum atomic E-state index is 0.0191. The summed E-state index contributed by atoms with van der Waals surface area (Å²) in [6.45, 7) is 2.00. The predicted octanol–water partition coefficient (Wildman–Crippen LogP) is 3.74. The van der Waals surface area contributed by atoms with Crippen LogP contribution in [0.5, 0.6) is 0 Å². The molecule has 19 heavy (non-hydrogen) atoms. The molecule has 0 radical (unpaired) electrons. The molecule has 2 aromatic rings. The number of aryl methyl sites for hydroxylation is 2. The summed E-state index contributed by atoms with van der Waals surface area (Å²) in [4.78, 5) is 5.74. The lowest BCUT2D eigenvalue weighted by Gasteiger charge is -2.11. The second kappa shape index (κ2) is 5.35. The number of nitrogens with two attached hydrogens (primary N) is 1. The first-order valence-electron chi connectivity index (χ1n) is 6.74. The molecule has 1 aliphatic rings. The van der Waals surface area contributed by atoms with Crippen molar-refractivity contribution in [2.24, 2.45) is 5.73 Å². The second-order valence-electron chi connectivity index (χ2n) is 5.07. The van der Waals surface area contributed by atoms with Crippen LogP contribution < -0.4 is 5.73 Å². The van der Waals surface area contributed by atoms with E-state index >= 15 is 0 Å². The molecule has 0 aliphatic heterocycles. The highest BCUT2D eigenvalue weighted by Crippen LogP contribution is 2.33. The smallest absolute Gasteiger partial charge is 0.105 e. The Hall–Kier alpha value is -1.32. The average Bonchev–Trinajstić information content (AvgIpc) is 2.86. The van der Waals surface area contributed by atoms with Crippen LogP contribution in [0, 0.1) is 0 Å². The van der Waals surface area contributed by atoms with Crippen molar-refractivity contribution in [2.75, 3.05) is 0 Å². The topological polar surface area (TPSA) is 38.9 Å². The van der Waals surface area contributed by atoms with Gasteiger partial charge in [-0.25, -0.2) is 4.98 Å². The van der Waals surface area contributed by atoms with E-state index in [2.05, 4.69) is 29.2 Å². The molecule has 0 spiro atoms. The van der Waals surface area contributed by atoms with Gasteiger partial charge in [-0.15, -0.1) is 0 Å². The van der Waals surface area contributed by atoms with E-state index in [1.165, 1.54) is 35.3 Å². The first kappa shape index (κ1) is 12.7. The van der Waals surface area contributed by atoms with Crippen LogP contribution in [-0.4, -0.2) is 4.98 Å². The number of nitrogens with zero attached hydrogens (tertiary/aromatic N) is 1. The lowest BCUT2D eigenvalue weighted by Crippen LogP contribution is -2.07. The van der Waals surface area contributed by atoms with Crippen molar-refractivity contribution in [1.82, 2.24) is 4.98 Å². The van der Waals surface area contributed by atoms with Crippen LogP contribution in [0.15, 0.2) is 46.5 Å². The van der Waals surface area contributed by atoms with Gasteiger partial charge in [0.1, 0.15) is 5.03 Å². The molecule has 2 nitrogen and oxygen atoms in total. The highest BCUT2D eigenvalue weighted by molar-refractivity contribution is 7.99. The van der Waals surface area contributed by atoms with Crippen LogP contribution in [0.4, 0.5) is 0 Å². The molecule has 3 heteroatoms. The van der Waals surface area contributed by atoms with Gasteiger partial charge in [-0.1, -0.05) is 23.9 Å². The Kier molecular flexibility index (Phi) is 3.58. The molecule has 0 bridgehead atoms. The van der Waals surface area contributed by atoms with Crippen LogP contribution >= 0.6 is 11.8 Å². The van der Waals surface area contributed by atoms with Crippen molar-refractivity contribution in [2.45, 2.75) is 42.1 Å². The SMILES string of the molecule is C[C@H](N)c1cccnc1Sc1ccc2c(c1)CCC2. The summed E-state index contributed by atoms with van der Waals surface area (Å²) < 4.78 is 0. The maximum absolute atomic E-state index is 6.01. The van der Waals surface area contributed by atoms with Crippen molar-refractivity contribution in [3.8, 4) is 0 Å². The van der Waals surface area contributed by atoms with Gasteiger partial charge in [0.25, 0.3) is 0 Å². The highest BCUT2D eigenvalue weighted by Gasteiger charge is 2.13. The fraction of sp³-hybridized carbons (Fsp3) is 0.312. The van der Waals surface area contributed by atoms with Crippen LogP contribution in [0.2, 0.25) is 0 Å². The molecular weight excluding hydrogens is 252 g/mol. The van der Waals surface area contributed by atoms with Crippen LogP contribution in [0.1, 0.15) is 36.1 Å². The molecule has 0 saturated heterocycles. The molecule has 0 fully saturated rings. The third-order valence-electron chi connectivity index (χ3n) is 3.58. The van der Waals surface area contributed by atoms with Crippen LogP contribution in [0.3, 0.4) is 0 Å². The molecular formula is C16H18N2S. The summed E-state index contributed by atoms with van der Waals surface area (Å²) >= 11 is 1.72. The second-order valence-corrected chi connectivity index (χ2v) is 6.13. The quantitative estimate of drug-likeness (QED) is 0.923. The van der Waals surface area contributed by atoms with Gasteiger partial charge in [0.05, 0.1) is 0 Å². The standard InChI is InChI=1S/C16H18N2S/c1-11(17)15-6-3-9-18-16(15)19-14-8-7-12-4-2-5-13(12)10-14/h3,6-11H,2,4-5,17H2,1H3/t11-/m0/s1. The normalized spacial score (nSPS) is 15.3. The van der Waals surface area contributed by atoms with E-state index in [0.29, 0.717) is 0 Å². The number of hydrogen-bond donors (Lipinski definition) is 1. The molecule has 1 atom stereocenters. The Bertz CT molecular complexity index is 593. The summed E-state index contributed by atoms with van der Waals surface area (Å²) in [5.74, 6) is 0. The zero-order valence-electron chi connectivity index (χ0n) is 11.1. The molecule has 1 aliphatic carbocycles. The molecule has 2 N–H and O–H groups in total. The number of pyridine rings is 1. The monoisotopic (exact) mass is 270 g/mol. The summed E-state index contributed by atoms with van der Waals surface area (Å²) in [5, 5.41) is 1.02. The lowest BCUT2D eigenvalue weighted by molar-refractivity contribution is 0.779. The number of hydrogen-bond acceptors (Lipinski definition) is 3.